The van der Waals surface area contributed by atoms with E-state index in [1.807, 2.05) is 0 Å². The van der Waals surface area contributed by atoms with Gasteiger partial charge in [0.15, 0.2) is 0 Å². The monoisotopic (exact) mass is 665 g/mol. The van der Waals surface area contributed by atoms with Crippen LogP contribution in [0.4, 0.5) is 17.1 Å². The first kappa shape index (κ1) is 28.2. The Labute approximate surface area is 299 Å². The van der Waals surface area contributed by atoms with E-state index in [1.54, 1.807) is 0 Å². The quantitative estimate of drug-likeness (QED) is 0.187. The highest BCUT2D eigenvalue weighted by Gasteiger charge is 2.36. The van der Waals surface area contributed by atoms with Gasteiger partial charge in [-0.3, -0.25) is 0 Å². The van der Waals surface area contributed by atoms with Crippen molar-refractivity contribution in [2.75, 3.05) is 4.90 Å². The summed E-state index contributed by atoms with van der Waals surface area (Å²) in [7, 11) is 0. The fraction of sp³-hybridized carbons (Fsp3) is 0.0612. The molecular weight excluding hydrogens is 635 g/mol. The minimum absolute atomic E-state index is 0.0845. The van der Waals surface area contributed by atoms with Gasteiger partial charge in [0.1, 0.15) is 22.3 Å². The number of anilines is 3. The molecule has 0 N–H and O–H groups in total. The van der Waals surface area contributed by atoms with E-state index in [9.17, 15) is 0 Å². The topological polar surface area (TPSA) is 29.5 Å². The summed E-state index contributed by atoms with van der Waals surface area (Å²) in [5, 5.41) is 7.10. The molecule has 0 spiro atoms. The van der Waals surface area contributed by atoms with E-state index in [1.165, 1.54) is 71.3 Å². The van der Waals surface area contributed by atoms with Crippen LogP contribution < -0.4 is 4.90 Å². The number of fused-ring (bicyclic) bond motifs is 4. The van der Waals surface area contributed by atoms with Crippen LogP contribution in [0.3, 0.4) is 0 Å². The molecule has 2 aliphatic rings. The molecule has 3 nitrogen and oxygen atoms in total. The van der Waals surface area contributed by atoms with Crippen molar-refractivity contribution in [1.82, 2.24) is 0 Å². The first-order valence-electron chi connectivity index (χ1n) is 18.0. The van der Waals surface area contributed by atoms with Gasteiger partial charge in [-0.25, -0.2) is 0 Å². The van der Waals surface area contributed by atoms with Crippen LogP contribution in [0.2, 0.25) is 0 Å². The fourth-order valence-corrected chi connectivity index (χ4v) is 9.45. The first-order valence-corrected chi connectivity index (χ1v) is 18.0. The molecule has 3 heteroatoms. The van der Waals surface area contributed by atoms with E-state index >= 15 is 0 Å². The number of hydrogen-bond donors (Lipinski definition) is 0. The minimum Gasteiger partial charge on any atom is -0.456 e. The summed E-state index contributed by atoms with van der Waals surface area (Å²) in [6, 6.07) is 55.0. The van der Waals surface area contributed by atoms with Crippen LogP contribution in [0.5, 0.6) is 0 Å². The average Bonchev–Trinajstić information content (AvgIpc) is 3.80. The van der Waals surface area contributed by atoms with Crippen LogP contribution in [0.1, 0.15) is 25.0 Å². The minimum atomic E-state index is -0.0845. The van der Waals surface area contributed by atoms with Gasteiger partial charge in [0.05, 0.1) is 0 Å². The van der Waals surface area contributed by atoms with Crippen molar-refractivity contribution >= 4 is 71.7 Å². The summed E-state index contributed by atoms with van der Waals surface area (Å²) < 4.78 is 13.0. The summed E-state index contributed by atoms with van der Waals surface area (Å²) >= 11 is 0. The van der Waals surface area contributed by atoms with E-state index in [-0.39, 0.29) is 5.41 Å². The predicted molar refractivity (Wildman–Crippen MR) is 215 cm³/mol. The lowest BCUT2D eigenvalue weighted by molar-refractivity contribution is 0.660. The van der Waals surface area contributed by atoms with Crippen molar-refractivity contribution in [3.63, 3.8) is 0 Å². The predicted octanol–water partition coefficient (Wildman–Crippen LogP) is 14.1. The SMILES string of the molecule is CC1(C)c2ccccc2-c2ccc(N(c3ccccc3)c3ccc(-c4ccc5oc6ccc7ccc8oc9cccc%10c9c8c7c6c5c4-%10)cc3)cc21. The summed E-state index contributed by atoms with van der Waals surface area (Å²) in [6.07, 6.45) is 0. The standard InChI is InChI=1S/C49H31NO2/c1-49(2)37-13-7-6-11-34(37)35-22-21-32(27-38(35)49)50(30-9-4-3-5-10-30)31-19-15-28(16-20-31)33-23-26-42-48-44(33)36-12-8-14-39-45(36)46-40(51-39)24-17-29-18-25-41(52-42)47(48)43(29)46/h3-27H,1-2H3. The van der Waals surface area contributed by atoms with Crippen molar-refractivity contribution < 1.29 is 8.83 Å². The lowest BCUT2D eigenvalue weighted by atomic mass is 9.82. The van der Waals surface area contributed by atoms with E-state index in [2.05, 4.69) is 170 Å². The third-order valence-corrected chi connectivity index (χ3v) is 11.8. The van der Waals surface area contributed by atoms with Gasteiger partial charge in [0.2, 0.25) is 0 Å². The molecule has 0 amide bonds. The number of hydrogen-bond acceptors (Lipinski definition) is 3. The fourth-order valence-electron chi connectivity index (χ4n) is 9.45. The van der Waals surface area contributed by atoms with Gasteiger partial charge in [-0.1, -0.05) is 105 Å². The van der Waals surface area contributed by atoms with Gasteiger partial charge in [-0.15, -0.1) is 0 Å². The van der Waals surface area contributed by atoms with Gasteiger partial charge in [-0.2, -0.15) is 0 Å². The number of furan rings is 2. The van der Waals surface area contributed by atoms with E-state index in [0.717, 1.165) is 45.0 Å². The number of para-hydroxylation sites is 1. The van der Waals surface area contributed by atoms with Gasteiger partial charge < -0.3 is 13.7 Å². The zero-order valence-electron chi connectivity index (χ0n) is 28.7. The highest BCUT2D eigenvalue weighted by molar-refractivity contribution is 6.37. The molecule has 0 bridgehead atoms. The molecule has 2 heterocycles. The second kappa shape index (κ2) is 9.80. The lowest BCUT2D eigenvalue weighted by Crippen LogP contribution is -2.16. The first-order chi connectivity index (χ1) is 25.5. The Morgan fingerprint density at radius 3 is 1.81 bits per heavy atom. The molecule has 8 aromatic carbocycles. The second-order valence-corrected chi connectivity index (χ2v) is 14.8. The molecule has 52 heavy (non-hydrogen) atoms. The molecule has 0 atom stereocenters. The van der Waals surface area contributed by atoms with Gasteiger partial charge in [-0.05, 0) is 105 Å². The van der Waals surface area contributed by atoms with Crippen LogP contribution in [0.15, 0.2) is 160 Å². The average molecular weight is 666 g/mol. The molecule has 0 saturated carbocycles. The molecule has 244 valence electrons. The maximum Gasteiger partial charge on any atom is 0.136 e. The molecule has 0 fully saturated rings. The van der Waals surface area contributed by atoms with Crippen LogP contribution in [-0.2, 0) is 5.41 Å². The van der Waals surface area contributed by atoms with E-state index in [4.69, 9.17) is 8.83 Å². The van der Waals surface area contributed by atoms with Crippen molar-refractivity contribution in [2.24, 2.45) is 0 Å². The highest BCUT2D eigenvalue weighted by atomic mass is 16.3. The third kappa shape index (κ3) is 3.55. The largest absolute Gasteiger partial charge is 0.456 e. The Kier molecular flexibility index (Phi) is 5.31. The Bertz CT molecular complexity index is 3140. The van der Waals surface area contributed by atoms with Crippen LogP contribution >= 0.6 is 0 Å². The third-order valence-electron chi connectivity index (χ3n) is 11.8. The molecule has 0 radical (unpaired) electrons. The molecule has 0 aliphatic heterocycles. The zero-order chi connectivity index (χ0) is 34.3. The van der Waals surface area contributed by atoms with Gasteiger partial charge >= 0.3 is 0 Å². The summed E-state index contributed by atoms with van der Waals surface area (Å²) in [5.74, 6) is 0. The van der Waals surface area contributed by atoms with Crippen molar-refractivity contribution in [3.05, 3.63) is 163 Å². The molecule has 12 rings (SSSR count). The Balaban J connectivity index is 1.06. The maximum atomic E-state index is 6.56. The van der Waals surface area contributed by atoms with E-state index < -0.39 is 0 Å². The molecule has 10 aromatic rings. The summed E-state index contributed by atoms with van der Waals surface area (Å²) in [4.78, 5) is 2.38. The molecule has 2 aromatic heterocycles. The number of nitrogens with zero attached hydrogens (tertiary/aromatic N) is 1. The Morgan fingerprint density at radius 1 is 0.404 bits per heavy atom. The lowest BCUT2D eigenvalue weighted by Gasteiger charge is -2.28. The van der Waals surface area contributed by atoms with Crippen LogP contribution in [0, 0.1) is 0 Å². The molecular formula is C49H31NO2. The zero-order valence-corrected chi connectivity index (χ0v) is 28.7. The Morgan fingerprint density at radius 2 is 1.00 bits per heavy atom. The second-order valence-electron chi connectivity index (χ2n) is 14.8. The van der Waals surface area contributed by atoms with E-state index in [0.29, 0.717) is 0 Å². The van der Waals surface area contributed by atoms with Crippen molar-refractivity contribution in [2.45, 2.75) is 19.3 Å². The van der Waals surface area contributed by atoms with Crippen molar-refractivity contribution in [1.29, 1.82) is 0 Å². The smallest absolute Gasteiger partial charge is 0.136 e. The summed E-state index contributed by atoms with van der Waals surface area (Å²) in [6.45, 7) is 4.69. The molecule has 2 aliphatic carbocycles. The maximum absolute atomic E-state index is 6.56. The van der Waals surface area contributed by atoms with Gasteiger partial charge in [0.25, 0.3) is 0 Å². The van der Waals surface area contributed by atoms with Crippen LogP contribution in [0.25, 0.3) is 88.0 Å². The van der Waals surface area contributed by atoms with Crippen molar-refractivity contribution in [3.8, 4) is 33.4 Å². The Hall–Kier alpha value is -6.58. The normalized spacial score (nSPS) is 13.7. The highest BCUT2D eigenvalue weighted by Crippen LogP contribution is 2.54. The van der Waals surface area contributed by atoms with Crippen LogP contribution in [-0.4, -0.2) is 0 Å². The molecule has 0 unspecified atom stereocenters. The number of benzene rings is 8. The molecule has 0 saturated heterocycles. The summed E-state index contributed by atoms with van der Waals surface area (Å²) in [5.41, 5.74) is 17.0. The van der Waals surface area contributed by atoms with Gasteiger partial charge in [0, 0.05) is 55.0 Å². The number of rotatable bonds is 4.